The number of H-pyrrole nitrogens is 1. The Hall–Kier alpha value is -1.87. The van der Waals surface area contributed by atoms with Gasteiger partial charge in [0.25, 0.3) is 10.0 Å². The lowest BCUT2D eigenvalue weighted by molar-refractivity contribution is -0.136. The van der Waals surface area contributed by atoms with Crippen molar-refractivity contribution >= 4 is 33.1 Å². The van der Waals surface area contributed by atoms with Crippen molar-refractivity contribution < 1.29 is 18.3 Å². The summed E-state index contributed by atoms with van der Waals surface area (Å²) in [5.41, 5.74) is 0.824. The average molecular weight is 329 g/mol. The van der Waals surface area contributed by atoms with Crippen molar-refractivity contribution in [3.05, 3.63) is 28.8 Å². The van der Waals surface area contributed by atoms with Crippen LogP contribution < -0.4 is 4.72 Å². The number of sulfonamides is 1. The molecule has 0 aliphatic carbocycles. The molecule has 0 fully saturated rings. The molecule has 114 valence electrons. The van der Waals surface area contributed by atoms with Crippen LogP contribution >= 0.6 is 11.3 Å². The number of thiophene rings is 1. The molecule has 0 bridgehead atoms. The first-order valence-electron chi connectivity index (χ1n) is 6.16. The van der Waals surface area contributed by atoms with E-state index in [1.54, 1.807) is 6.07 Å². The van der Waals surface area contributed by atoms with Gasteiger partial charge in [-0.3, -0.25) is 14.6 Å². The molecule has 2 heterocycles. The van der Waals surface area contributed by atoms with Gasteiger partial charge in [0.05, 0.1) is 6.42 Å². The van der Waals surface area contributed by atoms with E-state index in [9.17, 15) is 13.2 Å². The molecule has 2 aromatic heterocycles. The zero-order valence-corrected chi connectivity index (χ0v) is 13.1. The van der Waals surface area contributed by atoms with Crippen LogP contribution in [0.25, 0.3) is 0 Å². The Morgan fingerprint density at radius 2 is 2.19 bits per heavy atom. The minimum atomic E-state index is -3.75. The molecule has 0 amide bonds. The Morgan fingerprint density at radius 1 is 1.48 bits per heavy atom. The van der Waals surface area contributed by atoms with Crippen LogP contribution in [-0.2, 0) is 21.2 Å². The first-order valence-corrected chi connectivity index (χ1v) is 8.46. The first-order chi connectivity index (χ1) is 9.78. The summed E-state index contributed by atoms with van der Waals surface area (Å²) in [5.74, 6) is -0.575. The van der Waals surface area contributed by atoms with Gasteiger partial charge in [-0.05, 0) is 18.1 Å². The van der Waals surface area contributed by atoms with Crippen LogP contribution in [0.15, 0.2) is 22.4 Å². The van der Waals surface area contributed by atoms with Gasteiger partial charge >= 0.3 is 5.97 Å². The molecular weight excluding hydrogens is 314 g/mol. The summed E-state index contributed by atoms with van der Waals surface area (Å²) in [5, 5.41) is 15.4. The van der Waals surface area contributed by atoms with Crippen molar-refractivity contribution in [1.82, 2.24) is 10.2 Å². The number of nitrogens with zero attached hydrogens (tertiary/aromatic N) is 1. The van der Waals surface area contributed by atoms with Crippen LogP contribution in [0.3, 0.4) is 0 Å². The largest absolute Gasteiger partial charge is 0.481 e. The number of aromatic nitrogens is 2. The third-order valence-corrected chi connectivity index (χ3v) is 5.62. The summed E-state index contributed by atoms with van der Waals surface area (Å²) in [6.45, 7) is 3.92. The Kier molecular flexibility index (Phi) is 4.33. The van der Waals surface area contributed by atoms with Gasteiger partial charge < -0.3 is 5.11 Å². The molecule has 0 radical (unpaired) electrons. The normalized spacial score (nSPS) is 11.8. The molecular formula is C12H15N3O4S2. The molecule has 2 aromatic rings. The zero-order valence-electron chi connectivity index (χ0n) is 11.5. The SMILES string of the molecule is CC(C)c1cc(NS(=O)(=O)c2ccc(CC(=O)O)s2)n[nH]1. The summed E-state index contributed by atoms with van der Waals surface area (Å²) in [7, 11) is -3.75. The van der Waals surface area contributed by atoms with Crippen molar-refractivity contribution in [3.63, 3.8) is 0 Å². The van der Waals surface area contributed by atoms with Crippen LogP contribution in [-0.4, -0.2) is 29.7 Å². The maximum Gasteiger partial charge on any atom is 0.308 e. The van der Waals surface area contributed by atoms with Crippen LogP contribution in [0.5, 0.6) is 0 Å². The standard InChI is InChI=1S/C12H15N3O4S2/c1-7(2)9-6-10(14-13-9)15-21(18,19)12-4-3-8(20-12)5-11(16)17/h3-4,6-7H,5H2,1-2H3,(H,16,17)(H2,13,14,15). The third kappa shape index (κ3) is 3.82. The molecule has 0 unspecified atom stereocenters. The highest BCUT2D eigenvalue weighted by Gasteiger charge is 2.19. The number of aromatic amines is 1. The smallest absolute Gasteiger partial charge is 0.308 e. The number of carbonyl (C=O) groups is 1. The highest BCUT2D eigenvalue weighted by atomic mass is 32.2. The lowest BCUT2D eigenvalue weighted by Gasteiger charge is -2.02. The van der Waals surface area contributed by atoms with E-state index in [2.05, 4.69) is 14.9 Å². The summed E-state index contributed by atoms with van der Waals surface area (Å²) in [6.07, 6.45) is -0.194. The second-order valence-electron chi connectivity index (χ2n) is 4.76. The fourth-order valence-electron chi connectivity index (χ4n) is 1.62. The minimum Gasteiger partial charge on any atom is -0.481 e. The van der Waals surface area contributed by atoms with Gasteiger partial charge in [-0.25, -0.2) is 8.42 Å². The summed E-state index contributed by atoms with van der Waals surface area (Å²) in [4.78, 5) is 11.1. The van der Waals surface area contributed by atoms with Crippen LogP contribution in [0.2, 0.25) is 0 Å². The predicted molar refractivity (Wildman–Crippen MR) is 79.1 cm³/mol. The van der Waals surface area contributed by atoms with E-state index >= 15 is 0 Å². The average Bonchev–Trinajstić information content (AvgIpc) is 2.97. The molecule has 0 aliphatic heterocycles. The van der Waals surface area contributed by atoms with E-state index in [4.69, 9.17) is 5.11 Å². The molecule has 0 aromatic carbocycles. The Balaban J connectivity index is 2.17. The molecule has 0 aliphatic rings. The molecule has 0 saturated carbocycles. The van der Waals surface area contributed by atoms with Gasteiger partial charge in [0.1, 0.15) is 4.21 Å². The molecule has 0 spiro atoms. The van der Waals surface area contributed by atoms with Gasteiger partial charge in [-0.1, -0.05) is 13.8 Å². The zero-order chi connectivity index (χ0) is 15.6. The molecule has 21 heavy (non-hydrogen) atoms. The fraction of sp³-hybridized carbons (Fsp3) is 0.333. The number of hydrogen-bond acceptors (Lipinski definition) is 5. The lowest BCUT2D eigenvalue weighted by Crippen LogP contribution is -2.11. The second-order valence-corrected chi connectivity index (χ2v) is 7.84. The fourth-order valence-corrected chi connectivity index (χ4v) is 3.96. The number of aliphatic carboxylic acids is 1. The summed E-state index contributed by atoms with van der Waals surface area (Å²) in [6, 6.07) is 4.52. The molecule has 2 rings (SSSR count). The van der Waals surface area contributed by atoms with E-state index in [-0.39, 0.29) is 22.4 Å². The third-order valence-electron chi connectivity index (χ3n) is 2.69. The topological polar surface area (TPSA) is 112 Å². The number of rotatable bonds is 6. The molecule has 3 N–H and O–H groups in total. The van der Waals surface area contributed by atoms with Crippen molar-refractivity contribution in [1.29, 1.82) is 0 Å². The second kappa shape index (κ2) is 5.86. The number of hydrogen-bond donors (Lipinski definition) is 3. The van der Waals surface area contributed by atoms with Crippen molar-refractivity contribution in [3.8, 4) is 0 Å². The van der Waals surface area contributed by atoms with Gasteiger partial charge in [-0.2, -0.15) is 5.10 Å². The van der Waals surface area contributed by atoms with Crippen molar-refractivity contribution in [2.24, 2.45) is 0 Å². The summed E-state index contributed by atoms with van der Waals surface area (Å²) < 4.78 is 26.8. The van der Waals surface area contributed by atoms with Gasteiger partial charge in [-0.15, -0.1) is 11.3 Å². The molecule has 9 heteroatoms. The Morgan fingerprint density at radius 3 is 2.76 bits per heavy atom. The maximum absolute atomic E-state index is 12.2. The Labute approximate surface area is 126 Å². The van der Waals surface area contributed by atoms with Gasteiger partial charge in [0.2, 0.25) is 0 Å². The van der Waals surface area contributed by atoms with E-state index < -0.39 is 16.0 Å². The van der Waals surface area contributed by atoms with Crippen molar-refractivity contribution in [2.45, 2.75) is 30.4 Å². The highest BCUT2D eigenvalue weighted by Crippen LogP contribution is 2.24. The lowest BCUT2D eigenvalue weighted by atomic mass is 10.1. The monoisotopic (exact) mass is 329 g/mol. The number of nitrogens with one attached hydrogen (secondary N) is 2. The minimum absolute atomic E-state index is 0.0628. The van der Waals surface area contributed by atoms with Crippen LogP contribution in [0.1, 0.15) is 30.3 Å². The van der Waals surface area contributed by atoms with Crippen molar-refractivity contribution in [2.75, 3.05) is 4.72 Å². The van der Waals surface area contributed by atoms with Gasteiger partial charge in [0, 0.05) is 16.6 Å². The van der Waals surface area contributed by atoms with Gasteiger partial charge in [0.15, 0.2) is 5.82 Å². The van der Waals surface area contributed by atoms with Crippen LogP contribution in [0, 0.1) is 0 Å². The number of carboxylic acids is 1. The van der Waals surface area contributed by atoms with E-state index in [0.717, 1.165) is 17.0 Å². The highest BCUT2D eigenvalue weighted by molar-refractivity contribution is 7.94. The molecule has 7 nitrogen and oxygen atoms in total. The quantitative estimate of drug-likeness (QED) is 0.750. The Bertz CT molecular complexity index is 746. The van der Waals surface area contributed by atoms with E-state index in [0.29, 0.717) is 4.88 Å². The van der Waals surface area contributed by atoms with Crippen LogP contribution in [0.4, 0.5) is 5.82 Å². The van der Waals surface area contributed by atoms with E-state index in [1.807, 2.05) is 13.8 Å². The summed E-state index contributed by atoms with van der Waals surface area (Å²) >= 11 is 0.931. The number of carboxylic acid groups (broad SMARTS) is 1. The molecule has 0 atom stereocenters. The maximum atomic E-state index is 12.2. The predicted octanol–water partition coefficient (Wildman–Crippen LogP) is 2.02. The number of anilines is 1. The molecule has 0 saturated heterocycles. The first kappa shape index (κ1) is 15.5. The van der Waals surface area contributed by atoms with E-state index in [1.165, 1.54) is 12.1 Å².